The molecule has 18 heavy (non-hydrogen) atoms. The van der Waals surface area contributed by atoms with Gasteiger partial charge in [0, 0.05) is 23.7 Å². The van der Waals surface area contributed by atoms with Crippen LogP contribution in [0.5, 0.6) is 0 Å². The molecule has 1 aliphatic heterocycles. The third-order valence-corrected chi connectivity index (χ3v) is 4.21. The Labute approximate surface area is 116 Å². The molecular weight excluding hydrogens is 292 g/mol. The number of benzene rings is 1. The fourth-order valence-electron chi connectivity index (χ4n) is 2.14. The summed E-state index contributed by atoms with van der Waals surface area (Å²) in [5, 5.41) is 12.3. The molecule has 0 aliphatic carbocycles. The van der Waals surface area contributed by atoms with Crippen molar-refractivity contribution >= 4 is 15.9 Å². The van der Waals surface area contributed by atoms with E-state index in [0.29, 0.717) is 17.5 Å². The van der Waals surface area contributed by atoms with Crippen LogP contribution in [0.2, 0.25) is 0 Å². The number of hydrogen-bond donors (Lipinski definition) is 1. The van der Waals surface area contributed by atoms with Crippen molar-refractivity contribution in [2.45, 2.75) is 25.9 Å². The quantitative estimate of drug-likeness (QED) is 0.930. The van der Waals surface area contributed by atoms with Crippen LogP contribution in [0.1, 0.15) is 24.5 Å². The standard InChI is InChI=1S/C14H17BrN2O/c1-10(13-4-5-18-9-13)17-8-12-3-2-11(7-16)6-14(12)15/h2-3,6,10,13,17H,4-5,8-9H2,1H3/t10-,13-/m0/s1. The van der Waals surface area contributed by atoms with E-state index in [4.69, 9.17) is 10.00 Å². The maximum Gasteiger partial charge on any atom is 0.0992 e. The van der Waals surface area contributed by atoms with Crippen LogP contribution in [-0.4, -0.2) is 19.3 Å². The SMILES string of the molecule is C[C@H](NCc1ccc(C#N)cc1Br)[C@H]1CCOC1. The third kappa shape index (κ3) is 3.32. The molecule has 1 fully saturated rings. The summed E-state index contributed by atoms with van der Waals surface area (Å²) in [4.78, 5) is 0. The molecule has 3 nitrogen and oxygen atoms in total. The number of ether oxygens (including phenoxy) is 1. The van der Waals surface area contributed by atoms with Crippen LogP contribution in [0.3, 0.4) is 0 Å². The van der Waals surface area contributed by atoms with Crippen LogP contribution in [0, 0.1) is 17.2 Å². The predicted octanol–water partition coefficient (Wildman–Crippen LogP) is 2.84. The van der Waals surface area contributed by atoms with Crippen LogP contribution in [-0.2, 0) is 11.3 Å². The summed E-state index contributed by atoms with van der Waals surface area (Å²) < 4.78 is 6.39. The van der Waals surface area contributed by atoms with Crippen LogP contribution in [0.4, 0.5) is 0 Å². The van der Waals surface area contributed by atoms with Gasteiger partial charge in [-0.25, -0.2) is 0 Å². The fourth-order valence-corrected chi connectivity index (χ4v) is 2.66. The summed E-state index contributed by atoms with van der Waals surface area (Å²) in [6.07, 6.45) is 1.14. The normalized spacial score (nSPS) is 20.6. The lowest BCUT2D eigenvalue weighted by molar-refractivity contribution is 0.178. The highest BCUT2D eigenvalue weighted by Gasteiger charge is 2.21. The maximum atomic E-state index is 8.81. The highest BCUT2D eigenvalue weighted by Crippen LogP contribution is 2.20. The molecule has 1 aromatic rings. The summed E-state index contributed by atoms with van der Waals surface area (Å²) in [7, 11) is 0. The molecule has 1 N–H and O–H groups in total. The van der Waals surface area contributed by atoms with E-state index in [0.717, 1.165) is 30.7 Å². The smallest absolute Gasteiger partial charge is 0.0992 e. The Morgan fingerprint density at radius 3 is 3.06 bits per heavy atom. The Morgan fingerprint density at radius 1 is 1.61 bits per heavy atom. The van der Waals surface area contributed by atoms with E-state index in [1.54, 1.807) is 0 Å². The topological polar surface area (TPSA) is 45.0 Å². The number of halogens is 1. The lowest BCUT2D eigenvalue weighted by Crippen LogP contribution is -2.33. The Kier molecular flexibility index (Phi) is 4.76. The summed E-state index contributed by atoms with van der Waals surface area (Å²) >= 11 is 3.51. The van der Waals surface area contributed by atoms with Gasteiger partial charge in [0.1, 0.15) is 0 Å². The van der Waals surface area contributed by atoms with Gasteiger partial charge in [0.05, 0.1) is 18.2 Å². The number of hydrogen-bond acceptors (Lipinski definition) is 3. The molecule has 0 saturated carbocycles. The van der Waals surface area contributed by atoms with E-state index in [2.05, 4.69) is 34.2 Å². The van der Waals surface area contributed by atoms with Crippen molar-refractivity contribution in [1.29, 1.82) is 5.26 Å². The number of nitriles is 1. The predicted molar refractivity (Wildman–Crippen MR) is 74.1 cm³/mol. The number of nitrogens with zero attached hydrogens (tertiary/aromatic N) is 1. The van der Waals surface area contributed by atoms with Gasteiger partial charge in [-0.15, -0.1) is 0 Å². The molecule has 0 bridgehead atoms. The van der Waals surface area contributed by atoms with Crippen molar-refractivity contribution in [3.8, 4) is 6.07 Å². The van der Waals surface area contributed by atoms with Crippen LogP contribution in [0.25, 0.3) is 0 Å². The van der Waals surface area contributed by atoms with E-state index in [1.807, 2.05) is 18.2 Å². The lowest BCUT2D eigenvalue weighted by Gasteiger charge is -2.19. The summed E-state index contributed by atoms with van der Waals surface area (Å²) in [6, 6.07) is 8.30. The summed E-state index contributed by atoms with van der Waals surface area (Å²) in [6.45, 7) is 4.76. The van der Waals surface area contributed by atoms with Gasteiger partial charge in [0.25, 0.3) is 0 Å². The van der Waals surface area contributed by atoms with Crippen molar-refractivity contribution in [1.82, 2.24) is 5.32 Å². The van der Waals surface area contributed by atoms with Crippen molar-refractivity contribution in [2.24, 2.45) is 5.92 Å². The molecule has 2 atom stereocenters. The third-order valence-electron chi connectivity index (χ3n) is 3.47. The Balaban J connectivity index is 1.91. The first-order valence-electron chi connectivity index (χ1n) is 6.20. The van der Waals surface area contributed by atoms with E-state index in [1.165, 1.54) is 5.56 Å². The fraction of sp³-hybridized carbons (Fsp3) is 0.500. The van der Waals surface area contributed by atoms with Gasteiger partial charge >= 0.3 is 0 Å². The van der Waals surface area contributed by atoms with E-state index >= 15 is 0 Å². The molecule has 0 unspecified atom stereocenters. The van der Waals surface area contributed by atoms with Gasteiger partial charge in [0.2, 0.25) is 0 Å². The minimum atomic E-state index is 0.454. The molecule has 1 aliphatic rings. The van der Waals surface area contributed by atoms with Crippen LogP contribution in [0.15, 0.2) is 22.7 Å². The van der Waals surface area contributed by atoms with E-state index in [-0.39, 0.29) is 0 Å². The first kappa shape index (κ1) is 13.5. The van der Waals surface area contributed by atoms with Gasteiger partial charge in [-0.3, -0.25) is 0 Å². The van der Waals surface area contributed by atoms with Gasteiger partial charge in [-0.1, -0.05) is 22.0 Å². The average molecular weight is 309 g/mol. The number of rotatable bonds is 4. The van der Waals surface area contributed by atoms with Gasteiger partial charge in [-0.2, -0.15) is 5.26 Å². The van der Waals surface area contributed by atoms with E-state index < -0.39 is 0 Å². The second-order valence-corrected chi connectivity index (χ2v) is 5.57. The summed E-state index contributed by atoms with van der Waals surface area (Å²) in [5.41, 5.74) is 1.86. The first-order chi connectivity index (χ1) is 8.70. The maximum absolute atomic E-state index is 8.81. The lowest BCUT2D eigenvalue weighted by atomic mass is 10.0. The summed E-state index contributed by atoms with van der Waals surface area (Å²) in [5.74, 6) is 0.613. The zero-order valence-electron chi connectivity index (χ0n) is 10.4. The molecule has 4 heteroatoms. The Bertz CT molecular complexity index is 450. The second kappa shape index (κ2) is 6.33. The minimum Gasteiger partial charge on any atom is -0.381 e. The van der Waals surface area contributed by atoms with Crippen molar-refractivity contribution in [3.05, 3.63) is 33.8 Å². The highest BCUT2D eigenvalue weighted by molar-refractivity contribution is 9.10. The highest BCUT2D eigenvalue weighted by atomic mass is 79.9. The van der Waals surface area contributed by atoms with Crippen LogP contribution >= 0.6 is 15.9 Å². The molecule has 1 aromatic carbocycles. The molecule has 0 aromatic heterocycles. The average Bonchev–Trinajstić information content (AvgIpc) is 2.90. The molecule has 2 rings (SSSR count). The minimum absolute atomic E-state index is 0.454. The molecule has 1 saturated heterocycles. The van der Waals surface area contributed by atoms with Crippen molar-refractivity contribution in [3.63, 3.8) is 0 Å². The molecule has 1 heterocycles. The van der Waals surface area contributed by atoms with Gasteiger partial charge < -0.3 is 10.1 Å². The largest absolute Gasteiger partial charge is 0.381 e. The zero-order chi connectivity index (χ0) is 13.0. The van der Waals surface area contributed by atoms with Crippen molar-refractivity contribution in [2.75, 3.05) is 13.2 Å². The van der Waals surface area contributed by atoms with Crippen molar-refractivity contribution < 1.29 is 4.74 Å². The number of nitrogens with one attached hydrogen (secondary N) is 1. The first-order valence-corrected chi connectivity index (χ1v) is 6.99. The van der Waals surface area contributed by atoms with Gasteiger partial charge in [0.15, 0.2) is 0 Å². The molecule has 0 spiro atoms. The Morgan fingerprint density at radius 2 is 2.44 bits per heavy atom. The Hall–Kier alpha value is -0.890. The second-order valence-electron chi connectivity index (χ2n) is 4.71. The monoisotopic (exact) mass is 308 g/mol. The molecular formula is C14H17BrN2O. The zero-order valence-corrected chi connectivity index (χ0v) is 12.0. The van der Waals surface area contributed by atoms with Gasteiger partial charge in [-0.05, 0) is 37.0 Å². The molecule has 0 amide bonds. The molecule has 0 radical (unpaired) electrons. The van der Waals surface area contributed by atoms with Crippen LogP contribution < -0.4 is 5.32 Å². The van der Waals surface area contributed by atoms with E-state index in [9.17, 15) is 0 Å². The molecule has 96 valence electrons.